The number of ether oxygens (including phenoxy) is 1. The molecule has 1 N–H and O–H groups in total. The highest BCUT2D eigenvalue weighted by molar-refractivity contribution is 5.72. The van der Waals surface area contributed by atoms with Gasteiger partial charge < -0.3 is 14.7 Å². The highest BCUT2D eigenvalue weighted by atomic mass is 16.6. The van der Waals surface area contributed by atoms with Crippen molar-refractivity contribution in [2.45, 2.75) is 32.8 Å². The van der Waals surface area contributed by atoms with E-state index >= 15 is 0 Å². The third kappa shape index (κ3) is 5.60. The summed E-state index contributed by atoms with van der Waals surface area (Å²) in [6.45, 7) is 7.01. The normalized spacial score (nSPS) is 14.7. The second-order valence-corrected chi connectivity index (χ2v) is 5.77. The topological polar surface area (TPSA) is 49.8 Å². The fraction of sp³-hybridized carbons (Fsp3) is 0.471. The van der Waals surface area contributed by atoms with Crippen LogP contribution in [0, 0.1) is 0 Å². The van der Waals surface area contributed by atoms with Gasteiger partial charge in [0.05, 0.1) is 0 Å². The van der Waals surface area contributed by atoms with E-state index in [1.54, 1.807) is 4.90 Å². The summed E-state index contributed by atoms with van der Waals surface area (Å²) in [6, 6.07) is 10.3. The molecular weight excluding hydrogens is 266 g/mol. The second-order valence-electron chi connectivity index (χ2n) is 5.77. The Hall–Kier alpha value is -1.81. The van der Waals surface area contributed by atoms with E-state index in [-0.39, 0.29) is 6.09 Å². The number of nitrogens with zero attached hydrogens (tertiary/aromatic N) is 1. The maximum Gasteiger partial charge on any atom is 0.410 e. The summed E-state index contributed by atoms with van der Waals surface area (Å²) in [5, 5.41) is 7.00. The van der Waals surface area contributed by atoms with Crippen molar-refractivity contribution in [3.63, 3.8) is 0 Å². The molecule has 0 saturated heterocycles. The minimum atomic E-state index is -0.430. The molecule has 1 aromatic carbocycles. The molecule has 1 amide bonds. The first-order valence-electron chi connectivity index (χ1n) is 7.13. The molecule has 1 aliphatic heterocycles. The van der Waals surface area contributed by atoms with Crippen molar-refractivity contribution in [1.29, 1.82) is 0 Å². The lowest BCUT2D eigenvalue weighted by Crippen LogP contribution is -2.39. The molecule has 0 radical (unpaired) electrons. The van der Waals surface area contributed by atoms with Gasteiger partial charge in [-0.1, -0.05) is 36.4 Å². The Morgan fingerprint density at radius 1 is 1.19 bits per heavy atom. The fourth-order valence-electron chi connectivity index (χ4n) is 2.08. The molecule has 0 unspecified atom stereocenters. The molecule has 0 spiro atoms. The van der Waals surface area contributed by atoms with E-state index in [1.807, 2.05) is 39.0 Å². The van der Waals surface area contributed by atoms with E-state index in [9.17, 15) is 4.79 Å². The quantitative estimate of drug-likeness (QED) is 0.863. The average Bonchev–Trinajstić information content (AvgIpc) is 2.49. The lowest BCUT2D eigenvalue weighted by atomic mass is 10.00. The van der Waals surface area contributed by atoms with Crippen LogP contribution in [0.3, 0.4) is 0 Å². The number of rotatable bonds is 1. The number of hydrogen-bond donors (Lipinski definition) is 1. The summed E-state index contributed by atoms with van der Waals surface area (Å²) in [5.41, 5.74) is 2.12. The summed E-state index contributed by atoms with van der Waals surface area (Å²) < 4.78 is 5.38. The zero-order valence-electron chi connectivity index (χ0n) is 13.3. The Labute approximate surface area is 127 Å². The molecule has 1 heterocycles. The number of benzene rings is 1. The van der Waals surface area contributed by atoms with Crippen molar-refractivity contribution in [3.8, 4) is 0 Å². The molecule has 4 heteroatoms. The van der Waals surface area contributed by atoms with Crippen molar-refractivity contribution in [2.24, 2.45) is 0 Å². The SMILES string of the molecule is CC(C)(C)OC(=O)N1CC=C(c2ccccc2)CC1.CO. The zero-order valence-corrected chi connectivity index (χ0v) is 13.3. The van der Waals surface area contributed by atoms with Gasteiger partial charge in [-0.15, -0.1) is 0 Å². The van der Waals surface area contributed by atoms with Crippen molar-refractivity contribution in [1.82, 2.24) is 4.90 Å². The monoisotopic (exact) mass is 291 g/mol. The largest absolute Gasteiger partial charge is 0.444 e. The molecule has 1 aliphatic rings. The van der Waals surface area contributed by atoms with E-state index in [1.165, 1.54) is 11.1 Å². The van der Waals surface area contributed by atoms with Crippen LogP contribution in [-0.2, 0) is 4.74 Å². The van der Waals surface area contributed by atoms with Crippen LogP contribution in [0.4, 0.5) is 4.79 Å². The maximum atomic E-state index is 11.9. The lowest BCUT2D eigenvalue weighted by Gasteiger charge is -2.29. The van der Waals surface area contributed by atoms with Crippen molar-refractivity contribution >= 4 is 11.7 Å². The smallest absolute Gasteiger partial charge is 0.410 e. The lowest BCUT2D eigenvalue weighted by molar-refractivity contribution is 0.0270. The third-order valence-corrected chi connectivity index (χ3v) is 3.01. The zero-order chi connectivity index (χ0) is 15.9. The van der Waals surface area contributed by atoms with E-state index in [0.717, 1.165) is 20.1 Å². The molecule has 0 bridgehead atoms. The molecule has 0 aliphatic carbocycles. The van der Waals surface area contributed by atoms with Crippen molar-refractivity contribution in [2.75, 3.05) is 20.2 Å². The van der Waals surface area contributed by atoms with Gasteiger partial charge in [-0.25, -0.2) is 4.79 Å². The summed E-state index contributed by atoms with van der Waals surface area (Å²) in [5.74, 6) is 0. The van der Waals surface area contributed by atoms with Crippen LogP contribution in [0.5, 0.6) is 0 Å². The van der Waals surface area contributed by atoms with Crippen LogP contribution in [0.25, 0.3) is 5.57 Å². The van der Waals surface area contributed by atoms with Crippen LogP contribution >= 0.6 is 0 Å². The predicted molar refractivity (Wildman–Crippen MR) is 85.0 cm³/mol. The first-order chi connectivity index (χ1) is 9.96. The van der Waals surface area contributed by atoms with Gasteiger partial charge in [0.25, 0.3) is 0 Å². The van der Waals surface area contributed by atoms with Crippen molar-refractivity contribution < 1.29 is 14.6 Å². The molecule has 2 rings (SSSR count). The summed E-state index contributed by atoms with van der Waals surface area (Å²) in [4.78, 5) is 13.7. The number of carbonyl (C=O) groups is 1. The molecule has 116 valence electrons. The predicted octanol–water partition coefficient (Wildman–Crippen LogP) is 3.32. The highest BCUT2D eigenvalue weighted by Gasteiger charge is 2.23. The number of amides is 1. The van der Waals surface area contributed by atoms with Gasteiger partial charge in [-0.05, 0) is 38.3 Å². The Morgan fingerprint density at radius 3 is 2.29 bits per heavy atom. The van der Waals surface area contributed by atoms with Gasteiger partial charge >= 0.3 is 6.09 Å². The van der Waals surface area contributed by atoms with Gasteiger partial charge in [0.15, 0.2) is 0 Å². The molecule has 0 fully saturated rings. The molecule has 1 aromatic rings. The fourth-order valence-corrected chi connectivity index (χ4v) is 2.08. The summed E-state index contributed by atoms with van der Waals surface area (Å²) in [7, 11) is 1.00. The van der Waals surface area contributed by atoms with E-state index in [0.29, 0.717) is 6.54 Å². The maximum absolute atomic E-state index is 11.9. The molecule has 21 heavy (non-hydrogen) atoms. The Balaban J connectivity index is 0.00000106. The first kappa shape index (κ1) is 17.2. The van der Waals surface area contributed by atoms with E-state index in [2.05, 4.69) is 18.2 Å². The molecule has 0 aromatic heterocycles. The van der Waals surface area contributed by atoms with E-state index < -0.39 is 5.60 Å². The van der Waals surface area contributed by atoms with Crippen LogP contribution in [0.1, 0.15) is 32.8 Å². The number of aliphatic hydroxyl groups is 1. The van der Waals surface area contributed by atoms with Crippen molar-refractivity contribution in [3.05, 3.63) is 42.0 Å². The van der Waals surface area contributed by atoms with Crippen LogP contribution < -0.4 is 0 Å². The molecular formula is C17H25NO3. The minimum absolute atomic E-state index is 0.226. The summed E-state index contributed by atoms with van der Waals surface area (Å²) >= 11 is 0. The molecule has 0 atom stereocenters. The van der Waals surface area contributed by atoms with Gasteiger partial charge in [0, 0.05) is 20.2 Å². The first-order valence-corrected chi connectivity index (χ1v) is 7.13. The number of carbonyl (C=O) groups excluding carboxylic acids is 1. The number of aliphatic hydroxyl groups excluding tert-OH is 1. The molecule has 4 nitrogen and oxygen atoms in total. The van der Waals surface area contributed by atoms with Crippen LogP contribution in [0.2, 0.25) is 0 Å². The van der Waals surface area contributed by atoms with E-state index in [4.69, 9.17) is 9.84 Å². The Bertz CT molecular complexity index is 475. The van der Waals surface area contributed by atoms with Gasteiger partial charge in [-0.2, -0.15) is 0 Å². The van der Waals surface area contributed by atoms with Gasteiger partial charge in [-0.3, -0.25) is 0 Å². The third-order valence-electron chi connectivity index (χ3n) is 3.01. The van der Waals surface area contributed by atoms with Crippen LogP contribution in [0.15, 0.2) is 36.4 Å². The second kappa shape index (κ2) is 7.84. The van der Waals surface area contributed by atoms with Gasteiger partial charge in [0.1, 0.15) is 5.60 Å². The van der Waals surface area contributed by atoms with Gasteiger partial charge in [0.2, 0.25) is 0 Å². The number of hydrogen-bond acceptors (Lipinski definition) is 3. The Kier molecular flexibility index (Phi) is 6.43. The standard InChI is InChI=1S/C16H21NO2.CH4O/c1-16(2,3)19-15(18)17-11-9-14(10-12-17)13-7-5-4-6-8-13;1-2/h4-9H,10-12H2,1-3H3;2H,1H3. The van der Waals surface area contributed by atoms with Crippen LogP contribution in [-0.4, -0.2) is 41.9 Å². The highest BCUT2D eigenvalue weighted by Crippen LogP contribution is 2.23. The average molecular weight is 291 g/mol. The molecule has 0 saturated carbocycles. The summed E-state index contributed by atoms with van der Waals surface area (Å²) in [6.07, 6.45) is 2.77. The Morgan fingerprint density at radius 2 is 1.81 bits per heavy atom. The minimum Gasteiger partial charge on any atom is -0.444 e.